The van der Waals surface area contributed by atoms with Crippen molar-refractivity contribution in [1.29, 1.82) is 0 Å². The van der Waals surface area contributed by atoms with E-state index in [1.54, 1.807) is 18.3 Å². The third-order valence-electron chi connectivity index (χ3n) is 3.74. The molecule has 0 unspecified atom stereocenters. The van der Waals surface area contributed by atoms with E-state index in [2.05, 4.69) is 33.1 Å². The average Bonchev–Trinajstić information content (AvgIpc) is 3.34. The van der Waals surface area contributed by atoms with Crippen LogP contribution in [0.15, 0.2) is 34.9 Å². The summed E-state index contributed by atoms with van der Waals surface area (Å²) in [5.41, 5.74) is 1.68. The topological polar surface area (TPSA) is 84.2 Å². The second-order valence-electron chi connectivity index (χ2n) is 5.71. The van der Waals surface area contributed by atoms with E-state index in [0.717, 1.165) is 18.6 Å². The Labute approximate surface area is 143 Å². The molecular formula is C16H15N5O2S. The summed E-state index contributed by atoms with van der Waals surface area (Å²) in [6.07, 6.45) is 3.61. The fourth-order valence-corrected chi connectivity index (χ4v) is 2.59. The van der Waals surface area contributed by atoms with Gasteiger partial charge in [-0.05, 0) is 44.0 Å². The standard InChI is InChI=1S/C16H15N5O2S/c1-9-2-6-13(23-9)12-8-17-11-5-7-14(19-15(11)18-12)20-16(22)21(24)10-3-4-10/h2,5-8,10,24H,3-4H2,1H3,(H,18,19,20,22). The highest BCUT2D eigenvalue weighted by Crippen LogP contribution is 2.28. The second kappa shape index (κ2) is 5.79. The number of anilines is 1. The van der Waals surface area contributed by atoms with Crippen LogP contribution in [0.25, 0.3) is 22.6 Å². The van der Waals surface area contributed by atoms with Crippen molar-refractivity contribution < 1.29 is 9.21 Å². The Bertz CT molecular complexity index is 922. The minimum atomic E-state index is -0.293. The van der Waals surface area contributed by atoms with Gasteiger partial charge in [0.15, 0.2) is 11.4 Å². The zero-order valence-electron chi connectivity index (χ0n) is 12.9. The molecule has 0 aliphatic heterocycles. The Morgan fingerprint density at radius 2 is 2.12 bits per heavy atom. The van der Waals surface area contributed by atoms with Gasteiger partial charge >= 0.3 is 6.03 Å². The van der Waals surface area contributed by atoms with Gasteiger partial charge in [0.25, 0.3) is 0 Å². The molecule has 0 saturated heterocycles. The number of aryl methyl sites for hydroxylation is 1. The number of carbonyl (C=O) groups excluding carboxylic acids is 1. The van der Waals surface area contributed by atoms with E-state index in [1.807, 2.05) is 19.1 Å². The first-order chi connectivity index (χ1) is 11.6. The Balaban J connectivity index is 1.62. The molecular weight excluding hydrogens is 326 g/mol. The van der Waals surface area contributed by atoms with Crippen molar-refractivity contribution in [3.8, 4) is 11.5 Å². The number of carbonyl (C=O) groups is 1. The monoisotopic (exact) mass is 341 g/mol. The van der Waals surface area contributed by atoms with Crippen molar-refractivity contribution in [1.82, 2.24) is 19.3 Å². The maximum absolute atomic E-state index is 12.1. The first-order valence-corrected chi connectivity index (χ1v) is 8.00. The Morgan fingerprint density at radius 1 is 1.29 bits per heavy atom. The number of aromatic nitrogens is 3. The summed E-state index contributed by atoms with van der Waals surface area (Å²) in [5.74, 6) is 1.84. The minimum absolute atomic E-state index is 0.211. The van der Waals surface area contributed by atoms with Crippen LogP contribution in [-0.2, 0) is 0 Å². The van der Waals surface area contributed by atoms with Gasteiger partial charge in [-0.2, -0.15) is 0 Å². The highest BCUT2D eigenvalue weighted by atomic mass is 32.1. The Kier molecular flexibility index (Phi) is 3.61. The smallest absolute Gasteiger partial charge is 0.333 e. The van der Waals surface area contributed by atoms with Crippen molar-refractivity contribution in [2.75, 3.05) is 5.32 Å². The van der Waals surface area contributed by atoms with Gasteiger partial charge in [0.1, 0.15) is 22.8 Å². The number of hydrogen-bond donors (Lipinski definition) is 2. The van der Waals surface area contributed by atoms with E-state index in [1.165, 1.54) is 4.31 Å². The summed E-state index contributed by atoms with van der Waals surface area (Å²) in [6.45, 7) is 1.87. The van der Waals surface area contributed by atoms with Crippen molar-refractivity contribution in [2.24, 2.45) is 0 Å². The van der Waals surface area contributed by atoms with Gasteiger partial charge in [-0.15, -0.1) is 0 Å². The number of nitrogens with zero attached hydrogens (tertiary/aromatic N) is 4. The van der Waals surface area contributed by atoms with Crippen molar-refractivity contribution in [2.45, 2.75) is 25.8 Å². The lowest BCUT2D eigenvalue weighted by Crippen LogP contribution is -2.29. The van der Waals surface area contributed by atoms with Crippen molar-refractivity contribution >= 4 is 35.8 Å². The average molecular weight is 341 g/mol. The summed E-state index contributed by atoms with van der Waals surface area (Å²) >= 11 is 4.21. The molecule has 2 amide bonds. The molecule has 0 radical (unpaired) electrons. The van der Waals surface area contributed by atoms with Crippen LogP contribution in [0.5, 0.6) is 0 Å². The van der Waals surface area contributed by atoms with Gasteiger partial charge in [0, 0.05) is 6.04 Å². The number of rotatable bonds is 3. The normalized spacial score (nSPS) is 13.9. The summed E-state index contributed by atoms with van der Waals surface area (Å²) in [6, 6.07) is 7.08. The number of hydrogen-bond acceptors (Lipinski definition) is 6. The number of pyridine rings is 1. The minimum Gasteiger partial charge on any atom is -0.460 e. The molecule has 7 nitrogen and oxygen atoms in total. The molecule has 4 rings (SSSR count). The van der Waals surface area contributed by atoms with Gasteiger partial charge < -0.3 is 4.42 Å². The summed E-state index contributed by atoms with van der Waals surface area (Å²) < 4.78 is 6.96. The molecule has 1 aliphatic rings. The van der Waals surface area contributed by atoms with Crippen LogP contribution in [0.2, 0.25) is 0 Å². The van der Waals surface area contributed by atoms with Crippen LogP contribution in [-0.4, -0.2) is 31.3 Å². The lowest BCUT2D eigenvalue weighted by Gasteiger charge is -2.15. The fraction of sp³-hybridized carbons (Fsp3) is 0.250. The maximum Gasteiger partial charge on any atom is 0.333 e. The second-order valence-corrected chi connectivity index (χ2v) is 6.14. The molecule has 1 N–H and O–H groups in total. The van der Waals surface area contributed by atoms with E-state index < -0.39 is 0 Å². The number of nitrogens with one attached hydrogen (secondary N) is 1. The molecule has 122 valence electrons. The third kappa shape index (κ3) is 2.92. The molecule has 8 heteroatoms. The Hall–Kier alpha value is -2.61. The van der Waals surface area contributed by atoms with Gasteiger partial charge in [-0.25, -0.2) is 14.8 Å². The number of amides is 2. The van der Waals surface area contributed by atoms with Crippen LogP contribution in [0.4, 0.5) is 10.6 Å². The number of fused-ring (bicyclic) bond motifs is 1. The summed E-state index contributed by atoms with van der Waals surface area (Å²) in [5, 5.41) is 2.73. The maximum atomic E-state index is 12.1. The molecule has 24 heavy (non-hydrogen) atoms. The number of thiol groups is 1. The largest absolute Gasteiger partial charge is 0.460 e. The van der Waals surface area contributed by atoms with Crippen LogP contribution in [0.3, 0.4) is 0 Å². The molecule has 0 bridgehead atoms. The van der Waals surface area contributed by atoms with Gasteiger partial charge in [0.05, 0.1) is 6.20 Å². The molecule has 3 heterocycles. The van der Waals surface area contributed by atoms with Crippen LogP contribution < -0.4 is 5.32 Å². The van der Waals surface area contributed by atoms with E-state index >= 15 is 0 Å². The van der Waals surface area contributed by atoms with Gasteiger partial charge in [-0.1, -0.05) is 12.8 Å². The Morgan fingerprint density at radius 3 is 2.83 bits per heavy atom. The van der Waals surface area contributed by atoms with Crippen molar-refractivity contribution in [3.63, 3.8) is 0 Å². The van der Waals surface area contributed by atoms with Crippen LogP contribution in [0.1, 0.15) is 18.6 Å². The first-order valence-electron chi connectivity index (χ1n) is 7.60. The summed E-state index contributed by atoms with van der Waals surface area (Å²) in [7, 11) is 0. The van der Waals surface area contributed by atoms with Crippen LogP contribution >= 0.6 is 12.8 Å². The lowest BCUT2D eigenvalue weighted by atomic mass is 10.3. The first kappa shape index (κ1) is 14.9. The quantitative estimate of drug-likeness (QED) is 0.713. The molecule has 3 aromatic rings. The molecule has 0 aromatic carbocycles. The molecule has 1 saturated carbocycles. The number of urea groups is 1. The van der Waals surface area contributed by atoms with E-state index in [4.69, 9.17) is 4.42 Å². The molecule has 1 aliphatic carbocycles. The molecule has 1 fully saturated rings. The van der Waals surface area contributed by atoms with Crippen molar-refractivity contribution in [3.05, 3.63) is 36.2 Å². The zero-order chi connectivity index (χ0) is 16.7. The van der Waals surface area contributed by atoms with E-state index in [0.29, 0.717) is 28.4 Å². The SMILES string of the molecule is Cc1ccc(-c2cnc3ccc(NC(=O)N(S)C4CC4)nc3n2)o1. The van der Waals surface area contributed by atoms with E-state index in [-0.39, 0.29) is 12.1 Å². The fourth-order valence-electron chi connectivity index (χ4n) is 2.31. The van der Waals surface area contributed by atoms with E-state index in [9.17, 15) is 4.79 Å². The van der Waals surface area contributed by atoms with Gasteiger partial charge in [0.2, 0.25) is 0 Å². The summed E-state index contributed by atoms with van der Waals surface area (Å²) in [4.78, 5) is 25.2. The molecule has 0 atom stereocenters. The predicted octanol–water partition coefficient (Wildman–Crippen LogP) is 3.43. The van der Waals surface area contributed by atoms with Gasteiger partial charge in [-0.3, -0.25) is 14.6 Å². The third-order valence-corrected chi connectivity index (χ3v) is 4.24. The molecule has 3 aromatic heterocycles. The lowest BCUT2D eigenvalue weighted by molar-refractivity contribution is 0.238. The number of furan rings is 1. The zero-order valence-corrected chi connectivity index (χ0v) is 13.8. The molecule has 0 spiro atoms. The highest BCUT2D eigenvalue weighted by Gasteiger charge is 2.30. The highest BCUT2D eigenvalue weighted by molar-refractivity contribution is 7.78. The predicted molar refractivity (Wildman–Crippen MR) is 92.6 cm³/mol. The van der Waals surface area contributed by atoms with Crippen LogP contribution in [0, 0.1) is 6.92 Å².